The van der Waals surface area contributed by atoms with Gasteiger partial charge in [0, 0.05) is 10.2 Å². The van der Waals surface area contributed by atoms with E-state index in [0.717, 1.165) is 18.0 Å². The predicted octanol–water partition coefficient (Wildman–Crippen LogP) is 4.41. The van der Waals surface area contributed by atoms with E-state index in [2.05, 4.69) is 65.9 Å². The van der Waals surface area contributed by atoms with Gasteiger partial charge in [0.15, 0.2) is 0 Å². The van der Waals surface area contributed by atoms with E-state index >= 15 is 0 Å². The van der Waals surface area contributed by atoms with Crippen LogP contribution in [0.1, 0.15) is 61.3 Å². The Kier molecular flexibility index (Phi) is 7.85. The molecule has 0 aromatic heterocycles. The van der Waals surface area contributed by atoms with Crippen LogP contribution in [0.4, 0.5) is 0 Å². The monoisotopic (exact) mass is 319 g/mol. The standard InChI is InChI=1S/C20H37NSi/c1-8-15(6)16(7)18(10-14(4)5)19-11-17(9-13(2)3)20(22)12-21-19/h10-11,13,15,19-21H,8-9,12H2,1-7,22H3/t15-,19?,20?/m0/s1. The second kappa shape index (κ2) is 8.88. The van der Waals surface area contributed by atoms with Gasteiger partial charge in [-0.3, -0.25) is 0 Å². The van der Waals surface area contributed by atoms with Crippen molar-refractivity contribution in [1.29, 1.82) is 0 Å². The molecule has 0 saturated carbocycles. The van der Waals surface area contributed by atoms with Gasteiger partial charge in [-0.05, 0) is 63.1 Å². The highest BCUT2D eigenvalue weighted by Gasteiger charge is 2.23. The van der Waals surface area contributed by atoms with E-state index in [4.69, 9.17) is 0 Å². The van der Waals surface area contributed by atoms with E-state index in [-0.39, 0.29) is 0 Å². The molecule has 0 amide bonds. The summed E-state index contributed by atoms with van der Waals surface area (Å²) in [4.78, 5) is 0. The summed E-state index contributed by atoms with van der Waals surface area (Å²) in [7, 11) is 1.26. The van der Waals surface area contributed by atoms with E-state index in [9.17, 15) is 0 Å². The molecule has 0 spiro atoms. The minimum atomic E-state index is 0.405. The lowest BCUT2D eigenvalue weighted by Gasteiger charge is -2.31. The van der Waals surface area contributed by atoms with Gasteiger partial charge in [-0.2, -0.15) is 0 Å². The summed E-state index contributed by atoms with van der Waals surface area (Å²) < 4.78 is 0. The summed E-state index contributed by atoms with van der Waals surface area (Å²) in [6, 6.07) is 0.405. The number of rotatable bonds is 6. The van der Waals surface area contributed by atoms with Gasteiger partial charge < -0.3 is 5.32 Å². The lowest BCUT2D eigenvalue weighted by Crippen LogP contribution is -2.37. The van der Waals surface area contributed by atoms with Gasteiger partial charge in [0.05, 0.1) is 6.04 Å². The molecular formula is C20H37NSi. The van der Waals surface area contributed by atoms with Crippen molar-refractivity contribution in [2.45, 2.75) is 72.9 Å². The van der Waals surface area contributed by atoms with Crippen LogP contribution in [0.5, 0.6) is 0 Å². The van der Waals surface area contributed by atoms with E-state index < -0.39 is 0 Å². The van der Waals surface area contributed by atoms with E-state index in [1.54, 1.807) is 11.1 Å². The molecule has 1 aliphatic heterocycles. The fourth-order valence-electron chi connectivity index (χ4n) is 3.16. The molecule has 0 aliphatic carbocycles. The van der Waals surface area contributed by atoms with Crippen LogP contribution in [-0.2, 0) is 0 Å². The van der Waals surface area contributed by atoms with Crippen LogP contribution in [0.2, 0.25) is 5.54 Å². The lowest BCUT2D eigenvalue weighted by molar-refractivity contribution is 0.554. The summed E-state index contributed by atoms with van der Waals surface area (Å²) in [5.41, 5.74) is 6.95. The molecule has 0 fully saturated rings. The largest absolute Gasteiger partial charge is 0.306 e. The Hall–Kier alpha value is -0.603. The van der Waals surface area contributed by atoms with Crippen molar-refractivity contribution < 1.29 is 0 Å². The molecule has 0 aromatic rings. The van der Waals surface area contributed by atoms with Crippen molar-refractivity contribution in [3.8, 4) is 0 Å². The molecule has 1 rings (SSSR count). The van der Waals surface area contributed by atoms with Gasteiger partial charge in [0.1, 0.15) is 0 Å². The van der Waals surface area contributed by atoms with Gasteiger partial charge in [-0.25, -0.2) is 0 Å². The molecule has 0 bridgehead atoms. The predicted molar refractivity (Wildman–Crippen MR) is 105 cm³/mol. The van der Waals surface area contributed by atoms with Crippen molar-refractivity contribution in [1.82, 2.24) is 5.32 Å². The molecule has 0 aromatic carbocycles. The summed E-state index contributed by atoms with van der Waals surface area (Å²) in [5.74, 6) is 1.41. The summed E-state index contributed by atoms with van der Waals surface area (Å²) in [5, 5.41) is 3.79. The first-order chi connectivity index (χ1) is 10.3. The zero-order valence-corrected chi connectivity index (χ0v) is 18.1. The highest BCUT2D eigenvalue weighted by Crippen LogP contribution is 2.30. The first-order valence-corrected chi connectivity index (χ1v) is 10.2. The van der Waals surface area contributed by atoms with Crippen molar-refractivity contribution in [2.24, 2.45) is 11.8 Å². The fourth-order valence-corrected chi connectivity index (χ4v) is 3.83. The SMILES string of the molecule is CC[C@H](C)C(C)=C(C=C(C)C)C1C=C(CC(C)C)C([SiH3])CN1. The van der Waals surface area contributed by atoms with Crippen LogP contribution < -0.4 is 5.32 Å². The smallest absolute Gasteiger partial charge is 0.0508 e. The third-order valence-electron chi connectivity index (χ3n) is 4.89. The first-order valence-electron chi connectivity index (χ1n) is 9.05. The molecule has 2 heteroatoms. The molecule has 0 saturated heterocycles. The molecule has 1 nitrogen and oxygen atoms in total. The second-order valence-electron chi connectivity index (χ2n) is 7.80. The van der Waals surface area contributed by atoms with Gasteiger partial charge in [-0.1, -0.05) is 56.6 Å². The van der Waals surface area contributed by atoms with Crippen LogP contribution in [0, 0.1) is 11.8 Å². The molecular weight excluding hydrogens is 282 g/mol. The molecule has 1 aliphatic rings. The van der Waals surface area contributed by atoms with Crippen molar-refractivity contribution in [3.05, 3.63) is 34.4 Å². The number of nitrogens with one attached hydrogen (secondary N) is 1. The highest BCUT2D eigenvalue weighted by molar-refractivity contribution is 6.14. The maximum absolute atomic E-state index is 3.79. The summed E-state index contributed by atoms with van der Waals surface area (Å²) in [6.07, 6.45) is 7.42. The molecule has 3 atom stereocenters. The maximum Gasteiger partial charge on any atom is 0.0508 e. The Balaban J connectivity index is 3.20. The van der Waals surface area contributed by atoms with Crippen molar-refractivity contribution >= 4 is 10.2 Å². The topological polar surface area (TPSA) is 12.0 Å². The van der Waals surface area contributed by atoms with Gasteiger partial charge >= 0.3 is 0 Å². The third kappa shape index (κ3) is 5.55. The molecule has 0 radical (unpaired) electrons. The van der Waals surface area contributed by atoms with E-state index in [1.807, 2.05) is 0 Å². The Labute approximate surface area is 141 Å². The van der Waals surface area contributed by atoms with Crippen LogP contribution in [-0.4, -0.2) is 22.8 Å². The molecule has 126 valence electrons. The minimum absolute atomic E-state index is 0.405. The van der Waals surface area contributed by atoms with Gasteiger partial charge in [0.2, 0.25) is 0 Å². The number of hydrogen-bond donors (Lipinski definition) is 1. The quantitative estimate of drug-likeness (QED) is 0.434. The van der Waals surface area contributed by atoms with E-state index in [0.29, 0.717) is 12.0 Å². The molecule has 1 N–H and O–H groups in total. The zero-order valence-electron chi connectivity index (χ0n) is 16.1. The minimum Gasteiger partial charge on any atom is -0.306 e. The van der Waals surface area contributed by atoms with Gasteiger partial charge in [0.25, 0.3) is 0 Å². The van der Waals surface area contributed by atoms with Crippen molar-refractivity contribution in [2.75, 3.05) is 6.54 Å². The molecule has 22 heavy (non-hydrogen) atoms. The third-order valence-corrected chi connectivity index (χ3v) is 6.04. The van der Waals surface area contributed by atoms with Crippen LogP contribution in [0.15, 0.2) is 34.4 Å². The normalized spacial score (nSPS) is 24.8. The van der Waals surface area contributed by atoms with E-state index in [1.165, 1.54) is 34.2 Å². The van der Waals surface area contributed by atoms with Gasteiger partial charge in [-0.15, -0.1) is 0 Å². The Morgan fingerprint density at radius 2 is 1.95 bits per heavy atom. The summed E-state index contributed by atoms with van der Waals surface area (Å²) >= 11 is 0. The number of hydrogen-bond acceptors (Lipinski definition) is 1. The maximum atomic E-state index is 3.79. The number of allylic oxidation sites excluding steroid dienone is 2. The average molecular weight is 320 g/mol. The second-order valence-corrected chi connectivity index (χ2v) is 9.19. The zero-order chi connectivity index (χ0) is 16.9. The molecule has 2 unspecified atom stereocenters. The van der Waals surface area contributed by atoms with Crippen LogP contribution >= 0.6 is 0 Å². The first kappa shape index (κ1) is 19.4. The Morgan fingerprint density at radius 3 is 2.45 bits per heavy atom. The molecule has 1 heterocycles. The highest BCUT2D eigenvalue weighted by atomic mass is 28.1. The average Bonchev–Trinajstić information content (AvgIpc) is 2.45. The van der Waals surface area contributed by atoms with Crippen LogP contribution in [0.25, 0.3) is 0 Å². The summed E-state index contributed by atoms with van der Waals surface area (Å²) in [6.45, 7) is 17.2. The van der Waals surface area contributed by atoms with Crippen molar-refractivity contribution in [3.63, 3.8) is 0 Å². The Bertz CT molecular complexity index is 452. The lowest BCUT2D eigenvalue weighted by atomic mass is 9.86. The van der Waals surface area contributed by atoms with Crippen LogP contribution in [0.3, 0.4) is 0 Å². The Morgan fingerprint density at radius 1 is 1.32 bits per heavy atom. The fraction of sp³-hybridized carbons (Fsp3) is 0.700.